The highest BCUT2D eigenvalue weighted by Gasteiger charge is 2.25. The number of nitrogens with two attached hydrogens (primary N) is 4. The molecular weight excluding hydrogens is 1210 g/mol. The number of fused-ring (bicyclic) bond motifs is 2. The van der Waals surface area contributed by atoms with Crippen LogP contribution >= 0.6 is 22.7 Å². The highest BCUT2D eigenvalue weighted by atomic mass is 32.2. The van der Waals surface area contributed by atoms with Crippen LogP contribution in [0.1, 0.15) is 11.1 Å². The molecule has 10 aromatic rings. The predicted molar refractivity (Wildman–Crippen MR) is 321 cm³/mol. The maximum atomic E-state index is 12.8. The molecule has 428 valence electrons. The third kappa shape index (κ3) is 12.0. The Labute approximate surface area is 485 Å². The number of anilines is 6. The molecule has 0 atom stereocenters. The lowest BCUT2D eigenvalue weighted by Crippen LogP contribution is -2.14. The highest BCUT2D eigenvalue weighted by Crippen LogP contribution is 2.44. The minimum Gasteiger partial charge on any atom is -0.397 e. The molecule has 0 saturated heterocycles. The number of benzene rings is 8. The second kappa shape index (κ2) is 22.2. The molecule has 0 aliphatic heterocycles. The molecule has 0 amide bonds. The van der Waals surface area contributed by atoms with Crippen molar-refractivity contribution in [3.05, 3.63) is 145 Å². The average molecular weight is 1250 g/mol. The van der Waals surface area contributed by atoms with E-state index in [2.05, 4.69) is 51.5 Å². The van der Waals surface area contributed by atoms with Crippen molar-refractivity contribution in [3.63, 3.8) is 0 Å². The van der Waals surface area contributed by atoms with Gasteiger partial charge in [0.1, 0.15) is 52.3 Å². The van der Waals surface area contributed by atoms with Gasteiger partial charge in [-0.05, 0) is 134 Å². The first-order valence-corrected chi connectivity index (χ1v) is 31.3. The third-order valence-electron chi connectivity index (χ3n) is 12.6. The summed E-state index contributed by atoms with van der Waals surface area (Å²) in [6.07, 6.45) is 0. The zero-order chi connectivity index (χ0) is 60.2. The number of azo groups is 3. The summed E-state index contributed by atoms with van der Waals surface area (Å²) in [5.41, 5.74) is 34.1. The highest BCUT2D eigenvalue weighted by molar-refractivity contribution is 7.87. The average Bonchev–Trinajstić information content (AvgIpc) is 3.78. The molecule has 14 N–H and O–H groups in total. The number of nitrogen functional groups attached to an aromatic ring is 4. The van der Waals surface area contributed by atoms with Crippen LogP contribution in [-0.4, -0.2) is 61.9 Å². The molecule has 0 radical (unpaired) electrons. The van der Waals surface area contributed by atoms with Crippen molar-refractivity contribution in [1.29, 1.82) is 0 Å². The molecule has 26 nitrogen and oxygen atoms in total. The molecule has 84 heavy (non-hydrogen) atoms. The SMILES string of the molecule is Cc1ccc2nc(-c3ccc(N=Nc4c(N)ccc(N=Nc5ccc(-c6ccc(N=Nc7cc(S(=O)(=O)O)c(N)c(NNc8ccc(-c9nc%10ccc(C)c(S(=O)(=O)O)c%10s9)cc8)c7N)cc6)c(S(=O)(=O)O)c5)c4N)cc3)sc2c1S(=O)(=O)O. The second-order valence-electron chi connectivity index (χ2n) is 18.3. The second-order valence-corrected chi connectivity index (χ2v) is 25.8. The van der Waals surface area contributed by atoms with Crippen molar-refractivity contribution in [3.8, 4) is 32.3 Å². The van der Waals surface area contributed by atoms with Gasteiger partial charge in [-0.3, -0.25) is 23.6 Å². The lowest BCUT2D eigenvalue weighted by Gasteiger charge is -2.17. The molecule has 0 spiro atoms. The van der Waals surface area contributed by atoms with Crippen molar-refractivity contribution in [1.82, 2.24) is 9.97 Å². The molecule has 0 fully saturated rings. The third-order valence-corrected chi connectivity index (χ3v) is 19.0. The summed E-state index contributed by atoms with van der Waals surface area (Å²) in [6.45, 7) is 3.14. The Morgan fingerprint density at radius 3 is 1.44 bits per heavy atom. The normalized spacial score (nSPS) is 12.6. The van der Waals surface area contributed by atoms with Crippen LogP contribution in [0.15, 0.2) is 184 Å². The van der Waals surface area contributed by atoms with Crippen molar-refractivity contribution in [2.45, 2.75) is 33.4 Å². The molecule has 2 heterocycles. The van der Waals surface area contributed by atoms with Crippen molar-refractivity contribution < 1.29 is 51.9 Å². The van der Waals surface area contributed by atoms with Crippen LogP contribution in [-0.2, 0) is 40.5 Å². The Morgan fingerprint density at radius 1 is 0.440 bits per heavy atom. The van der Waals surface area contributed by atoms with E-state index in [1.165, 1.54) is 48.5 Å². The van der Waals surface area contributed by atoms with E-state index in [9.17, 15) is 51.9 Å². The number of thiazole rings is 2. The topological polar surface area (TPSA) is 446 Å². The minimum atomic E-state index is -4.95. The summed E-state index contributed by atoms with van der Waals surface area (Å²) >= 11 is 2.18. The number of hydrogen-bond donors (Lipinski definition) is 10. The largest absolute Gasteiger partial charge is 0.397 e. The molecular formula is C52H42N14O12S6. The summed E-state index contributed by atoms with van der Waals surface area (Å²) in [7, 11) is -18.9. The fraction of sp³-hybridized carbons (Fsp3) is 0.0385. The molecule has 0 saturated carbocycles. The summed E-state index contributed by atoms with van der Waals surface area (Å²) < 4.78 is 140. The van der Waals surface area contributed by atoms with E-state index in [1.807, 2.05) is 0 Å². The Kier molecular flexibility index (Phi) is 15.3. The van der Waals surface area contributed by atoms with Crippen LogP contribution in [0.2, 0.25) is 0 Å². The van der Waals surface area contributed by atoms with E-state index in [-0.39, 0.29) is 66.5 Å². The standard InChI is InChI=1S/C52H42N14O12S6/c1-25-3-20-37-47(49(25)83(73,74)75)79-51(57-37)28-7-13-31(14-8-28)60-65-45-35(53)19-22-36(42(45)54)63-62-33-17-18-34(40(23-33)81(67,68)69)27-5-11-30(12-6-27)59-64-39-24-41(82(70,71)72)44(56)46(43(39)55)66-61-32-15-9-29(10-16-32)52-58-38-21-4-26(2)50(48(38)80-52)84(76,77)78/h3-24,61,66H,53-56H2,1-2H3,(H,67,68,69)(H,70,71,72)(H,73,74,75)(H,76,77,78). The van der Waals surface area contributed by atoms with E-state index in [0.29, 0.717) is 69.6 Å². The molecule has 0 bridgehead atoms. The fourth-order valence-corrected chi connectivity index (χ4v) is 14.5. The van der Waals surface area contributed by atoms with Gasteiger partial charge < -0.3 is 28.4 Å². The van der Waals surface area contributed by atoms with Crippen LogP contribution in [0, 0.1) is 13.8 Å². The molecule has 2 aromatic heterocycles. The van der Waals surface area contributed by atoms with Gasteiger partial charge in [-0.25, -0.2) is 9.97 Å². The van der Waals surface area contributed by atoms with Crippen molar-refractivity contribution >= 4 is 152 Å². The van der Waals surface area contributed by atoms with Crippen LogP contribution < -0.4 is 33.8 Å². The summed E-state index contributed by atoms with van der Waals surface area (Å²) in [5.74, 6) is 0. The van der Waals surface area contributed by atoms with Gasteiger partial charge in [-0.1, -0.05) is 30.3 Å². The Bertz CT molecular complexity index is 4910. The first-order chi connectivity index (χ1) is 39.6. The van der Waals surface area contributed by atoms with Crippen molar-refractivity contribution in [2.75, 3.05) is 33.8 Å². The Morgan fingerprint density at radius 2 is 0.917 bits per heavy atom. The fourth-order valence-electron chi connectivity index (χ4n) is 8.51. The van der Waals surface area contributed by atoms with Crippen LogP contribution in [0.25, 0.3) is 52.7 Å². The molecule has 0 aliphatic carbocycles. The van der Waals surface area contributed by atoms with Crippen molar-refractivity contribution in [2.24, 2.45) is 30.7 Å². The van der Waals surface area contributed by atoms with E-state index in [1.54, 1.807) is 86.6 Å². The van der Waals surface area contributed by atoms with Crippen LogP contribution in [0.5, 0.6) is 0 Å². The molecule has 32 heteroatoms. The van der Waals surface area contributed by atoms with Gasteiger partial charge in [-0.2, -0.15) is 49.0 Å². The van der Waals surface area contributed by atoms with Gasteiger partial charge in [0.15, 0.2) is 0 Å². The first kappa shape index (κ1) is 58.0. The van der Waals surface area contributed by atoms with Gasteiger partial charge in [-0.15, -0.1) is 38.0 Å². The molecule has 10 rings (SSSR count). The van der Waals surface area contributed by atoms with E-state index in [4.69, 9.17) is 22.9 Å². The number of hydrazine groups is 1. The van der Waals surface area contributed by atoms with E-state index < -0.39 is 56.0 Å². The number of aromatic nitrogens is 2. The summed E-state index contributed by atoms with van der Waals surface area (Å²) in [5, 5.41) is 26.1. The molecule has 0 unspecified atom stereocenters. The first-order valence-electron chi connectivity index (χ1n) is 23.9. The van der Waals surface area contributed by atoms with Gasteiger partial charge >= 0.3 is 0 Å². The number of hydrogen-bond acceptors (Lipinski definition) is 24. The number of nitrogens with zero attached hydrogens (tertiary/aromatic N) is 8. The van der Waals surface area contributed by atoms with Gasteiger partial charge in [0.05, 0.1) is 65.9 Å². The number of rotatable bonds is 16. The lowest BCUT2D eigenvalue weighted by atomic mass is 10.0. The summed E-state index contributed by atoms with van der Waals surface area (Å²) in [4.78, 5) is 7.35. The van der Waals surface area contributed by atoms with Gasteiger partial charge in [0, 0.05) is 16.7 Å². The van der Waals surface area contributed by atoms with Crippen LogP contribution in [0.3, 0.4) is 0 Å². The van der Waals surface area contributed by atoms with E-state index in [0.717, 1.165) is 34.8 Å². The quantitative estimate of drug-likeness (QED) is 0.0186. The van der Waals surface area contributed by atoms with E-state index >= 15 is 0 Å². The number of nitrogens with one attached hydrogen (secondary N) is 2. The zero-order valence-electron chi connectivity index (χ0n) is 43.1. The Balaban J connectivity index is 0.834. The predicted octanol–water partition coefficient (Wildman–Crippen LogP) is 12.5. The maximum absolute atomic E-state index is 12.8. The lowest BCUT2D eigenvalue weighted by molar-refractivity contribution is 0.481. The maximum Gasteiger partial charge on any atom is 0.296 e. The Hall–Kier alpha value is -9.22. The van der Waals surface area contributed by atoms with Gasteiger partial charge in [0.25, 0.3) is 40.5 Å². The minimum absolute atomic E-state index is 0.00198. The molecule has 8 aromatic carbocycles. The van der Waals surface area contributed by atoms with Crippen LogP contribution in [0.4, 0.5) is 68.2 Å². The monoisotopic (exact) mass is 1250 g/mol. The smallest absolute Gasteiger partial charge is 0.296 e. The zero-order valence-corrected chi connectivity index (χ0v) is 48.0. The number of aryl methyl sites for hydroxylation is 2. The van der Waals surface area contributed by atoms with Gasteiger partial charge in [0.2, 0.25) is 0 Å². The summed E-state index contributed by atoms with van der Waals surface area (Å²) in [6, 6.07) is 33.3. The molecule has 0 aliphatic rings.